The molecule has 3 rings (SSSR count). The number of pyridine rings is 1. The van der Waals surface area contributed by atoms with E-state index in [1.54, 1.807) is 6.07 Å². The van der Waals surface area contributed by atoms with Crippen LogP contribution in [0.4, 0.5) is 5.82 Å². The van der Waals surface area contributed by atoms with E-state index in [4.69, 9.17) is 0 Å². The van der Waals surface area contributed by atoms with Gasteiger partial charge in [-0.2, -0.15) is 0 Å². The van der Waals surface area contributed by atoms with Crippen molar-refractivity contribution in [3.05, 3.63) is 18.3 Å². The van der Waals surface area contributed by atoms with Crippen molar-refractivity contribution in [2.45, 2.75) is 30.2 Å². The standard InChI is InChI=1S/C14H22N4O2S/c1-15-21(19,20)13-5-6-14(16-10-13)18-9-8-17-7-3-2-4-12(17)11-18/h5-6,10,12,15H,2-4,7-9,11H2,1H3. The highest BCUT2D eigenvalue weighted by molar-refractivity contribution is 7.89. The lowest BCUT2D eigenvalue weighted by atomic mass is 9.99. The number of aromatic nitrogens is 1. The summed E-state index contributed by atoms with van der Waals surface area (Å²) < 4.78 is 25.7. The SMILES string of the molecule is CNS(=O)(=O)c1ccc(N2CCN3CCCCC3C2)nc1. The van der Waals surface area contributed by atoms with Gasteiger partial charge in [0.05, 0.1) is 0 Å². The maximum Gasteiger partial charge on any atom is 0.241 e. The third-order valence-electron chi connectivity index (χ3n) is 4.46. The summed E-state index contributed by atoms with van der Waals surface area (Å²) in [5, 5.41) is 0. The Kier molecular flexibility index (Phi) is 4.14. The first kappa shape index (κ1) is 14.7. The van der Waals surface area contributed by atoms with Crippen molar-refractivity contribution in [2.24, 2.45) is 0 Å². The van der Waals surface area contributed by atoms with Crippen LogP contribution in [0.5, 0.6) is 0 Å². The number of hydrogen-bond acceptors (Lipinski definition) is 5. The molecule has 6 nitrogen and oxygen atoms in total. The highest BCUT2D eigenvalue weighted by atomic mass is 32.2. The maximum atomic E-state index is 11.7. The van der Waals surface area contributed by atoms with Crippen LogP contribution in [0.3, 0.4) is 0 Å². The molecule has 2 aliphatic heterocycles. The van der Waals surface area contributed by atoms with Crippen LogP contribution in [-0.2, 0) is 10.0 Å². The van der Waals surface area contributed by atoms with Crippen molar-refractivity contribution >= 4 is 15.8 Å². The minimum Gasteiger partial charge on any atom is -0.354 e. The van der Waals surface area contributed by atoms with E-state index in [1.165, 1.54) is 39.1 Å². The molecule has 0 aromatic carbocycles. The van der Waals surface area contributed by atoms with Gasteiger partial charge in [-0.3, -0.25) is 4.90 Å². The highest BCUT2D eigenvalue weighted by Gasteiger charge is 2.29. The fourth-order valence-electron chi connectivity index (χ4n) is 3.20. The summed E-state index contributed by atoms with van der Waals surface area (Å²) in [6.07, 6.45) is 5.31. The second kappa shape index (κ2) is 5.90. The van der Waals surface area contributed by atoms with E-state index in [0.717, 1.165) is 25.5 Å². The molecule has 0 bridgehead atoms. The lowest BCUT2D eigenvalue weighted by molar-refractivity contribution is 0.133. The summed E-state index contributed by atoms with van der Waals surface area (Å²) in [4.78, 5) is 9.39. The van der Waals surface area contributed by atoms with E-state index < -0.39 is 10.0 Å². The molecular weight excluding hydrogens is 288 g/mol. The zero-order chi connectivity index (χ0) is 14.9. The molecule has 1 unspecified atom stereocenters. The van der Waals surface area contributed by atoms with Gasteiger partial charge >= 0.3 is 0 Å². The summed E-state index contributed by atoms with van der Waals surface area (Å²) >= 11 is 0. The van der Waals surface area contributed by atoms with Gasteiger partial charge in [-0.1, -0.05) is 6.42 Å². The second-order valence-electron chi connectivity index (χ2n) is 5.69. The Labute approximate surface area is 126 Å². The Morgan fingerprint density at radius 2 is 2.10 bits per heavy atom. The van der Waals surface area contributed by atoms with Gasteiger partial charge in [0.25, 0.3) is 0 Å². The molecule has 0 aliphatic carbocycles. The van der Waals surface area contributed by atoms with Crippen molar-refractivity contribution in [3.8, 4) is 0 Å². The number of hydrogen-bond donors (Lipinski definition) is 1. The predicted octanol–water partition coefficient (Wildman–Crippen LogP) is 0.664. The van der Waals surface area contributed by atoms with E-state index in [0.29, 0.717) is 6.04 Å². The molecule has 2 aliphatic rings. The van der Waals surface area contributed by atoms with Crippen LogP contribution in [0.1, 0.15) is 19.3 Å². The quantitative estimate of drug-likeness (QED) is 0.889. The molecule has 1 atom stereocenters. The molecule has 1 aromatic rings. The molecule has 0 spiro atoms. The number of nitrogens with one attached hydrogen (secondary N) is 1. The summed E-state index contributed by atoms with van der Waals surface area (Å²) in [5.41, 5.74) is 0. The third-order valence-corrected chi connectivity index (χ3v) is 5.86. The molecule has 2 fully saturated rings. The van der Waals surface area contributed by atoms with E-state index in [9.17, 15) is 8.42 Å². The van der Waals surface area contributed by atoms with Gasteiger partial charge in [0, 0.05) is 31.9 Å². The zero-order valence-corrected chi connectivity index (χ0v) is 13.1. The van der Waals surface area contributed by atoms with Crippen LogP contribution in [0.2, 0.25) is 0 Å². The Balaban J connectivity index is 1.73. The number of nitrogens with zero attached hydrogens (tertiary/aromatic N) is 3. The number of fused-ring (bicyclic) bond motifs is 1. The Hall–Kier alpha value is -1.18. The van der Waals surface area contributed by atoms with E-state index in [1.807, 2.05) is 6.07 Å². The van der Waals surface area contributed by atoms with Crippen LogP contribution >= 0.6 is 0 Å². The Bertz CT molecular complexity index is 587. The van der Waals surface area contributed by atoms with Gasteiger partial charge < -0.3 is 4.90 Å². The Morgan fingerprint density at radius 1 is 1.24 bits per heavy atom. The average Bonchev–Trinajstić information content (AvgIpc) is 2.54. The molecule has 2 saturated heterocycles. The minimum atomic E-state index is -3.40. The van der Waals surface area contributed by atoms with Crippen molar-refractivity contribution in [3.63, 3.8) is 0 Å². The van der Waals surface area contributed by atoms with Crippen LogP contribution in [0, 0.1) is 0 Å². The molecular formula is C14H22N4O2S. The lowest BCUT2D eigenvalue weighted by Crippen LogP contribution is -2.55. The minimum absolute atomic E-state index is 0.213. The highest BCUT2D eigenvalue weighted by Crippen LogP contribution is 2.24. The molecule has 7 heteroatoms. The summed E-state index contributed by atoms with van der Waals surface area (Å²) in [6, 6.07) is 4.06. The van der Waals surface area contributed by atoms with E-state index >= 15 is 0 Å². The topological polar surface area (TPSA) is 65.5 Å². The normalized spacial score (nSPS) is 23.9. The number of piperidine rings is 1. The first-order chi connectivity index (χ1) is 10.1. The largest absolute Gasteiger partial charge is 0.354 e. The molecule has 116 valence electrons. The van der Waals surface area contributed by atoms with Crippen molar-refractivity contribution < 1.29 is 8.42 Å². The van der Waals surface area contributed by atoms with Crippen molar-refractivity contribution in [1.82, 2.24) is 14.6 Å². The first-order valence-electron chi connectivity index (χ1n) is 7.49. The molecule has 3 heterocycles. The first-order valence-corrected chi connectivity index (χ1v) is 8.97. The van der Waals surface area contributed by atoms with E-state index in [-0.39, 0.29) is 4.90 Å². The summed E-state index contributed by atoms with van der Waals surface area (Å²) in [7, 11) is -2.00. The molecule has 21 heavy (non-hydrogen) atoms. The fourth-order valence-corrected chi connectivity index (χ4v) is 3.87. The van der Waals surface area contributed by atoms with Crippen LogP contribution in [0.15, 0.2) is 23.2 Å². The van der Waals surface area contributed by atoms with Crippen LogP contribution < -0.4 is 9.62 Å². The monoisotopic (exact) mass is 310 g/mol. The lowest BCUT2D eigenvalue weighted by Gasteiger charge is -2.44. The van der Waals surface area contributed by atoms with Gasteiger partial charge in [0.2, 0.25) is 10.0 Å². The number of anilines is 1. The number of rotatable bonds is 3. The third kappa shape index (κ3) is 3.04. The maximum absolute atomic E-state index is 11.7. The molecule has 1 N–H and O–H groups in total. The van der Waals surface area contributed by atoms with Gasteiger partial charge in [0.1, 0.15) is 10.7 Å². The van der Waals surface area contributed by atoms with Gasteiger partial charge in [0.15, 0.2) is 0 Å². The van der Waals surface area contributed by atoms with Gasteiger partial charge in [-0.15, -0.1) is 0 Å². The van der Waals surface area contributed by atoms with E-state index in [2.05, 4.69) is 19.5 Å². The van der Waals surface area contributed by atoms with Crippen LogP contribution in [0.25, 0.3) is 0 Å². The fraction of sp³-hybridized carbons (Fsp3) is 0.643. The molecule has 0 amide bonds. The molecule has 0 radical (unpaired) electrons. The van der Waals surface area contributed by atoms with Crippen molar-refractivity contribution in [2.75, 3.05) is 38.1 Å². The zero-order valence-electron chi connectivity index (χ0n) is 12.3. The summed E-state index contributed by atoms with van der Waals surface area (Å²) in [6.45, 7) is 4.24. The number of sulfonamides is 1. The Morgan fingerprint density at radius 3 is 2.81 bits per heavy atom. The smallest absolute Gasteiger partial charge is 0.241 e. The van der Waals surface area contributed by atoms with Gasteiger partial charge in [-0.25, -0.2) is 18.1 Å². The number of piperazine rings is 1. The van der Waals surface area contributed by atoms with Gasteiger partial charge in [-0.05, 0) is 38.6 Å². The second-order valence-corrected chi connectivity index (χ2v) is 7.58. The predicted molar refractivity (Wildman–Crippen MR) is 81.9 cm³/mol. The van der Waals surface area contributed by atoms with Crippen molar-refractivity contribution in [1.29, 1.82) is 0 Å². The summed E-state index contributed by atoms with van der Waals surface area (Å²) in [5.74, 6) is 0.871. The molecule has 0 saturated carbocycles. The average molecular weight is 310 g/mol. The van der Waals surface area contributed by atoms with Crippen LogP contribution in [-0.4, -0.2) is 57.6 Å². The molecule has 1 aromatic heterocycles.